The summed E-state index contributed by atoms with van der Waals surface area (Å²) in [4.78, 5) is 13.1. The van der Waals surface area contributed by atoms with Gasteiger partial charge < -0.3 is 14.8 Å². The maximum absolute atomic E-state index is 13.1. The number of methoxy groups -OCH3 is 2. The van der Waals surface area contributed by atoms with Gasteiger partial charge in [0.15, 0.2) is 11.5 Å². The second kappa shape index (κ2) is 10.0. The summed E-state index contributed by atoms with van der Waals surface area (Å²) < 4.78 is 36.7. The van der Waals surface area contributed by atoms with Crippen molar-refractivity contribution < 1.29 is 22.7 Å². The molecule has 30 heavy (non-hydrogen) atoms. The van der Waals surface area contributed by atoms with Crippen LogP contribution < -0.4 is 19.1 Å². The molecule has 0 saturated heterocycles. The Balaban J connectivity index is 2.30. The minimum absolute atomic E-state index is 0.292. The summed E-state index contributed by atoms with van der Waals surface area (Å²) in [6.45, 7) is 3.58. The zero-order chi connectivity index (χ0) is 22.5. The van der Waals surface area contributed by atoms with Gasteiger partial charge in [-0.3, -0.25) is 9.10 Å². The molecule has 9 heteroatoms. The number of amides is 1. The number of halogens is 1. The number of ether oxygens (including phenoxy) is 2. The monoisotopic (exact) mass is 454 g/mol. The Morgan fingerprint density at radius 2 is 1.70 bits per heavy atom. The van der Waals surface area contributed by atoms with Crippen molar-refractivity contribution in [3.63, 3.8) is 0 Å². The van der Waals surface area contributed by atoms with Crippen molar-refractivity contribution in [1.29, 1.82) is 0 Å². The molecule has 0 saturated carbocycles. The molecular formula is C21H27ClN2O5S. The van der Waals surface area contributed by atoms with Crippen LogP contribution in [0.15, 0.2) is 42.5 Å². The van der Waals surface area contributed by atoms with Crippen LogP contribution in [0.5, 0.6) is 11.5 Å². The average molecular weight is 455 g/mol. The van der Waals surface area contributed by atoms with E-state index in [1.54, 1.807) is 50.4 Å². The first-order valence-corrected chi connectivity index (χ1v) is 11.6. The number of benzene rings is 2. The van der Waals surface area contributed by atoms with E-state index in [4.69, 9.17) is 21.1 Å². The van der Waals surface area contributed by atoms with E-state index in [1.807, 2.05) is 13.0 Å². The third-order valence-corrected chi connectivity index (χ3v) is 6.11. The molecule has 2 atom stereocenters. The smallest absolute Gasteiger partial charge is 0.244 e. The quantitative estimate of drug-likeness (QED) is 0.623. The highest BCUT2D eigenvalue weighted by Gasteiger charge is 2.32. The molecular weight excluding hydrogens is 428 g/mol. The highest BCUT2D eigenvalue weighted by Crippen LogP contribution is 2.30. The number of sulfonamides is 1. The van der Waals surface area contributed by atoms with Crippen molar-refractivity contribution in [1.82, 2.24) is 5.32 Å². The molecule has 0 spiro atoms. The molecule has 164 valence electrons. The topological polar surface area (TPSA) is 84.9 Å². The summed E-state index contributed by atoms with van der Waals surface area (Å²) in [5, 5.41) is 3.38. The van der Waals surface area contributed by atoms with Crippen molar-refractivity contribution in [2.75, 3.05) is 24.8 Å². The highest BCUT2D eigenvalue weighted by atomic mass is 35.5. The van der Waals surface area contributed by atoms with Crippen molar-refractivity contribution in [2.24, 2.45) is 0 Å². The van der Waals surface area contributed by atoms with Crippen LogP contribution in [-0.2, 0) is 14.8 Å². The van der Waals surface area contributed by atoms with Gasteiger partial charge in [0.05, 0.1) is 32.2 Å². The SMILES string of the molecule is CC[C@H](C(=O)N[C@@H](C)c1ccc(OC)c(OC)c1)N(c1ccc(Cl)cc1)S(C)(=O)=O. The van der Waals surface area contributed by atoms with Gasteiger partial charge in [0.1, 0.15) is 6.04 Å². The largest absolute Gasteiger partial charge is 0.493 e. The number of carbonyl (C=O) groups is 1. The summed E-state index contributed by atoms with van der Waals surface area (Å²) in [7, 11) is -0.632. The zero-order valence-electron chi connectivity index (χ0n) is 17.7. The standard InChI is InChI=1S/C21H27ClN2O5S/c1-6-18(24(30(5,26)27)17-10-8-16(22)9-11-17)21(25)23-14(2)15-7-12-19(28-3)20(13-15)29-4/h7-14,18H,6H2,1-5H3,(H,23,25)/t14-,18+/m0/s1. The number of anilines is 1. The summed E-state index contributed by atoms with van der Waals surface area (Å²) in [6, 6.07) is 10.4. The Kier molecular flexibility index (Phi) is 7.97. The van der Waals surface area contributed by atoms with Gasteiger partial charge in [-0.05, 0) is 55.3 Å². The van der Waals surface area contributed by atoms with Crippen molar-refractivity contribution in [2.45, 2.75) is 32.4 Å². The van der Waals surface area contributed by atoms with Crippen LogP contribution in [0.1, 0.15) is 31.9 Å². The number of rotatable bonds is 9. The van der Waals surface area contributed by atoms with E-state index in [0.29, 0.717) is 28.6 Å². The van der Waals surface area contributed by atoms with Gasteiger partial charge in [0, 0.05) is 5.02 Å². The zero-order valence-corrected chi connectivity index (χ0v) is 19.3. The first kappa shape index (κ1) is 23.8. The molecule has 0 fully saturated rings. The molecule has 0 aromatic heterocycles. The van der Waals surface area contributed by atoms with Crippen LogP contribution in [0.25, 0.3) is 0 Å². The van der Waals surface area contributed by atoms with Crippen LogP contribution >= 0.6 is 11.6 Å². The molecule has 2 aromatic carbocycles. The van der Waals surface area contributed by atoms with Crippen molar-refractivity contribution in [3.8, 4) is 11.5 Å². The summed E-state index contributed by atoms with van der Waals surface area (Å²) in [6.07, 6.45) is 1.37. The molecule has 0 heterocycles. The third kappa shape index (κ3) is 5.58. The molecule has 2 aromatic rings. The lowest BCUT2D eigenvalue weighted by Crippen LogP contribution is -2.49. The Labute approximate surface area is 183 Å². The molecule has 0 aliphatic heterocycles. The van der Waals surface area contributed by atoms with Gasteiger partial charge in [0.2, 0.25) is 15.9 Å². The first-order valence-electron chi connectivity index (χ1n) is 9.39. The molecule has 1 amide bonds. The van der Waals surface area contributed by atoms with E-state index < -0.39 is 22.0 Å². The third-order valence-electron chi connectivity index (χ3n) is 4.68. The number of nitrogens with one attached hydrogen (secondary N) is 1. The van der Waals surface area contributed by atoms with Crippen molar-refractivity contribution in [3.05, 3.63) is 53.1 Å². The van der Waals surface area contributed by atoms with Crippen LogP contribution in [0.3, 0.4) is 0 Å². The predicted molar refractivity (Wildman–Crippen MR) is 119 cm³/mol. The Morgan fingerprint density at radius 3 is 2.20 bits per heavy atom. The minimum Gasteiger partial charge on any atom is -0.493 e. The van der Waals surface area contributed by atoms with E-state index in [2.05, 4.69) is 5.32 Å². The van der Waals surface area contributed by atoms with E-state index in [-0.39, 0.29) is 6.04 Å². The summed E-state index contributed by atoms with van der Waals surface area (Å²) >= 11 is 5.92. The number of hydrogen-bond acceptors (Lipinski definition) is 5. The molecule has 2 rings (SSSR count). The Hall–Kier alpha value is -2.45. The van der Waals surface area contributed by atoms with Crippen LogP contribution in [0, 0.1) is 0 Å². The lowest BCUT2D eigenvalue weighted by atomic mass is 10.1. The fourth-order valence-electron chi connectivity index (χ4n) is 3.16. The number of hydrogen-bond donors (Lipinski definition) is 1. The van der Waals surface area contributed by atoms with Gasteiger partial charge >= 0.3 is 0 Å². The Morgan fingerprint density at radius 1 is 1.10 bits per heavy atom. The van der Waals surface area contributed by atoms with Crippen LogP contribution in [-0.4, -0.2) is 40.8 Å². The molecule has 1 N–H and O–H groups in total. The normalized spacial score (nSPS) is 13.3. The second-order valence-corrected chi connectivity index (χ2v) is 9.10. The van der Waals surface area contributed by atoms with Gasteiger partial charge in [-0.2, -0.15) is 0 Å². The molecule has 0 radical (unpaired) electrons. The van der Waals surface area contributed by atoms with Crippen LogP contribution in [0.2, 0.25) is 5.02 Å². The molecule has 0 aliphatic carbocycles. The summed E-state index contributed by atoms with van der Waals surface area (Å²) in [5.74, 6) is 0.722. The summed E-state index contributed by atoms with van der Waals surface area (Å²) in [5.41, 5.74) is 1.18. The number of nitrogens with zero attached hydrogens (tertiary/aromatic N) is 1. The Bertz CT molecular complexity index is 979. The maximum Gasteiger partial charge on any atom is 0.244 e. The first-order chi connectivity index (χ1) is 14.1. The molecule has 0 aliphatic rings. The average Bonchev–Trinajstić information content (AvgIpc) is 2.71. The lowest BCUT2D eigenvalue weighted by molar-refractivity contribution is -0.122. The fourth-order valence-corrected chi connectivity index (χ4v) is 4.50. The molecule has 7 nitrogen and oxygen atoms in total. The van der Waals surface area contributed by atoms with Gasteiger partial charge in [-0.1, -0.05) is 24.6 Å². The number of carbonyl (C=O) groups excluding carboxylic acids is 1. The lowest BCUT2D eigenvalue weighted by Gasteiger charge is -2.31. The van der Waals surface area contributed by atoms with Gasteiger partial charge in [-0.15, -0.1) is 0 Å². The fraction of sp³-hybridized carbons (Fsp3) is 0.381. The van der Waals surface area contributed by atoms with E-state index in [0.717, 1.165) is 16.1 Å². The van der Waals surface area contributed by atoms with Gasteiger partial charge in [0.25, 0.3) is 0 Å². The van der Waals surface area contributed by atoms with Crippen molar-refractivity contribution >= 4 is 33.2 Å². The molecule has 0 bridgehead atoms. The predicted octanol–water partition coefficient (Wildman–Crippen LogP) is 3.78. The second-order valence-electron chi connectivity index (χ2n) is 6.80. The minimum atomic E-state index is -3.71. The van der Waals surface area contributed by atoms with Gasteiger partial charge in [-0.25, -0.2) is 8.42 Å². The van der Waals surface area contributed by atoms with E-state index >= 15 is 0 Å². The molecule has 0 unspecified atom stereocenters. The maximum atomic E-state index is 13.1. The van der Waals surface area contributed by atoms with E-state index in [1.165, 1.54) is 7.11 Å². The van der Waals surface area contributed by atoms with E-state index in [9.17, 15) is 13.2 Å². The highest BCUT2D eigenvalue weighted by molar-refractivity contribution is 7.92. The van der Waals surface area contributed by atoms with Crippen LogP contribution in [0.4, 0.5) is 5.69 Å².